The van der Waals surface area contributed by atoms with E-state index in [1.54, 1.807) is 6.92 Å². The van der Waals surface area contributed by atoms with Crippen molar-refractivity contribution in [3.8, 4) is 0 Å². The Morgan fingerprint density at radius 3 is 2.20 bits per heavy atom. The molecule has 1 aliphatic carbocycles. The maximum Gasteiger partial charge on any atom is 0.256 e. The van der Waals surface area contributed by atoms with Crippen molar-refractivity contribution in [3.63, 3.8) is 0 Å². The number of nitrogens with zero attached hydrogens (tertiary/aromatic N) is 1. The minimum atomic E-state index is -0.107. The van der Waals surface area contributed by atoms with Gasteiger partial charge in [0.15, 0.2) is 0 Å². The second-order valence-corrected chi connectivity index (χ2v) is 4.49. The number of amides is 2. The molecular formula is C12H17NO2. The molecule has 1 fully saturated rings. The van der Waals surface area contributed by atoms with Crippen molar-refractivity contribution in [1.29, 1.82) is 0 Å². The fraction of sp³-hybridized carbons (Fsp3) is 0.667. The van der Waals surface area contributed by atoms with E-state index >= 15 is 0 Å². The third kappa shape index (κ3) is 1.96. The van der Waals surface area contributed by atoms with Crippen molar-refractivity contribution in [1.82, 2.24) is 4.90 Å². The third-order valence-electron chi connectivity index (χ3n) is 3.32. The summed E-state index contributed by atoms with van der Waals surface area (Å²) in [5.74, 6) is -0.184. The average Bonchev–Trinajstić information content (AvgIpc) is 2.46. The zero-order valence-corrected chi connectivity index (χ0v) is 9.16. The molecule has 15 heavy (non-hydrogen) atoms. The van der Waals surface area contributed by atoms with E-state index in [0.29, 0.717) is 5.57 Å². The molecule has 1 heterocycles. The summed E-state index contributed by atoms with van der Waals surface area (Å²) in [5.41, 5.74) is 0.587. The molecule has 1 saturated carbocycles. The summed E-state index contributed by atoms with van der Waals surface area (Å²) in [5, 5.41) is 0. The number of hydrogen-bond donors (Lipinski definition) is 0. The van der Waals surface area contributed by atoms with Gasteiger partial charge in [-0.25, -0.2) is 0 Å². The minimum absolute atomic E-state index is 0.0769. The molecule has 1 aliphatic heterocycles. The minimum Gasteiger partial charge on any atom is -0.272 e. The Bertz CT molecular complexity index is 312. The molecule has 0 atom stereocenters. The van der Waals surface area contributed by atoms with E-state index in [0.717, 1.165) is 25.7 Å². The molecule has 2 aliphatic rings. The highest BCUT2D eigenvalue weighted by Gasteiger charge is 2.34. The lowest BCUT2D eigenvalue weighted by Gasteiger charge is -2.25. The average molecular weight is 207 g/mol. The summed E-state index contributed by atoms with van der Waals surface area (Å²) in [4.78, 5) is 24.9. The molecule has 0 N–H and O–H groups in total. The lowest BCUT2D eigenvalue weighted by atomic mass is 10.1. The van der Waals surface area contributed by atoms with Crippen LogP contribution in [0.15, 0.2) is 11.6 Å². The Morgan fingerprint density at radius 1 is 1.13 bits per heavy atom. The first kappa shape index (κ1) is 10.4. The van der Waals surface area contributed by atoms with Gasteiger partial charge in [0, 0.05) is 17.7 Å². The van der Waals surface area contributed by atoms with E-state index in [1.165, 1.54) is 23.8 Å². The van der Waals surface area contributed by atoms with E-state index in [-0.39, 0.29) is 17.9 Å². The topological polar surface area (TPSA) is 37.4 Å². The van der Waals surface area contributed by atoms with Crippen LogP contribution in [0.1, 0.15) is 45.4 Å². The van der Waals surface area contributed by atoms with E-state index in [1.807, 2.05) is 0 Å². The van der Waals surface area contributed by atoms with Gasteiger partial charge in [-0.2, -0.15) is 0 Å². The lowest BCUT2D eigenvalue weighted by Crippen LogP contribution is -2.40. The fourth-order valence-electron chi connectivity index (χ4n) is 2.47. The third-order valence-corrected chi connectivity index (χ3v) is 3.32. The zero-order chi connectivity index (χ0) is 10.8. The molecule has 0 spiro atoms. The van der Waals surface area contributed by atoms with Gasteiger partial charge in [-0.1, -0.05) is 25.7 Å². The van der Waals surface area contributed by atoms with Gasteiger partial charge in [-0.3, -0.25) is 14.5 Å². The van der Waals surface area contributed by atoms with Gasteiger partial charge in [0.1, 0.15) is 0 Å². The van der Waals surface area contributed by atoms with Crippen molar-refractivity contribution in [2.24, 2.45) is 0 Å². The molecule has 3 heteroatoms. The summed E-state index contributed by atoms with van der Waals surface area (Å²) < 4.78 is 0. The van der Waals surface area contributed by atoms with Crippen LogP contribution in [0.5, 0.6) is 0 Å². The molecule has 2 amide bonds. The highest BCUT2D eigenvalue weighted by molar-refractivity contribution is 6.16. The first-order chi connectivity index (χ1) is 7.20. The van der Waals surface area contributed by atoms with Crippen LogP contribution in [0.2, 0.25) is 0 Å². The van der Waals surface area contributed by atoms with Crippen molar-refractivity contribution in [2.75, 3.05) is 0 Å². The number of carbonyl (C=O) groups excluding carboxylic acids is 2. The molecule has 82 valence electrons. The number of imide groups is 1. The van der Waals surface area contributed by atoms with Gasteiger partial charge in [-0.05, 0) is 19.8 Å². The molecule has 0 bridgehead atoms. The van der Waals surface area contributed by atoms with E-state index in [9.17, 15) is 9.59 Å². The van der Waals surface area contributed by atoms with Gasteiger partial charge in [0.25, 0.3) is 11.8 Å². The highest BCUT2D eigenvalue weighted by atomic mass is 16.2. The Kier molecular flexibility index (Phi) is 2.89. The Morgan fingerprint density at radius 2 is 1.73 bits per heavy atom. The number of rotatable bonds is 1. The largest absolute Gasteiger partial charge is 0.272 e. The van der Waals surface area contributed by atoms with E-state index in [4.69, 9.17) is 0 Å². The molecule has 0 aromatic carbocycles. The number of carbonyl (C=O) groups is 2. The molecule has 3 nitrogen and oxygen atoms in total. The molecule has 0 aromatic rings. The predicted molar refractivity (Wildman–Crippen MR) is 57.1 cm³/mol. The normalized spacial score (nSPS) is 24.3. The van der Waals surface area contributed by atoms with E-state index in [2.05, 4.69) is 0 Å². The zero-order valence-electron chi connectivity index (χ0n) is 9.16. The molecule has 2 rings (SSSR count). The Labute approximate surface area is 90.1 Å². The molecule has 0 aromatic heterocycles. The van der Waals surface area contributed by atoms with Crippen LogP contribution >= 0.6 is 0 Å². The summed E-state index contributed by atoms with van der Waals surface area (Å²) in [6, 6.07) is 0.154. The van der Waals surface area contributed by atoms with Gasteiger partial charge >= 0.3 is 0 Å². The Balaban J connectivity index is 2.10. The van der Waals surface area contributed by atoms with Gasteiger partial charge < -0.3 is 0 Å². The Hall–Kier alpha value is -1.12. The van der Waals surface area contributed by atoms with Gasteiger partial charge in [0.2, 0.25) is 0 Å². The molecule has 0 unspecified atom stereocenters. The predicted octanol–water partition coefficient (Wildman–Crippen LogP) is 2.02. The monoisotopic (exact) mass is 207 g/mol. The standard InChI is InChI=1S/C12H17NO2/c1-9-8-11(14)13(12(9)15)10-6-4-2-3-5-7-10/h8,10H,2-7H2,1H3. The number of hydrogen-bond acceptors (Lipinski definition) is 2. The van der Waals surface area contributed by atoms with Crippen LogP contribution in [-0.4, -0.2) is 22.8 Å². The maximum atomic E-state index is 11.8. The highest BCUT2D eigenvalue weighted by Crippen LogP contribution is 2.25. The first-order valence-corrected chi connectivity index (χ1v) is 5.76. The van der Waals surface area contributed by atoms with Crippen molar-refractivity contribution in [3.05, 3.63) is 11.6 Å². The summed E-state index contributed by atoms with van der Waals surface area (Å²) >= 11 is 0. The van der Waals surface area contributed by atoms with E-state index < -0.39 is 0 Å². The van der Waals surface area contributed by atoms with Crippen molar-refractivity contribution < 1.29 is 9.59 Å². The van der Waals surface area contributed by atoms with Crippen molar-refractivity contribution >= 4 is 11.8 Å². The summed E-state index contributed by atoms with van der Waals surface area (Å²) in [6.07, 6.45) is 8.18. The second kappa shape index (κ2) is 4.17. The van der Waals surface area contributed by atoms with Crippen LogP contribution in [0.3, 0.4) is 0 Å². The fourth-order valence-corrected chi connectivity index (χ4v) is 2.47. The molecule has 0 saturated heterocycles. The van der Waals surface area contributed by atoms with Crippen LogP contribution in [-0.2, 0) is 9.59 Å². The summed E-state index contributed by atoms with van der Waals surface area (Å²) in [6.45, 7) is 1.72. The van der Waals surface area contributed by atoms with Gasteiger partial charge in [0.05, 0.1) is 0 Å². The van der Waals surface area contributed by atoms with Crippen LogP contribution in [0, 0.1) is 0 Å². The van der Waals surface area contributed by atoms with Crippen LogP contribution in [0.25, 0.3) is 0 Å². The lowest BCUT2D eigenvalue weighted by molar-refractivity contribution is -0.140. The van der Waals surface area contributed by atoms with Crippen LogP contribution < -0.4 is 0 Å². The smallest absolute Gasteiger partial charge is 0.256 e. The SMILES string of the molecule is CC1=CC(=O)N(C2CCCCCC2)C1=O. The second-order valence-electron chi connectivity index (χ2n) is 4.49. The maximum absolute atomic E-state index is 11.8. The van der Waals surface area contributed by atoms with Gasteiger partial charge in [-0.15, -0.1) is 0 Å². The summed E-state index contributed by atoms with van der Waals surface area (Å²) in [7, 11) is 0. The molecular weight excluding hydrogens is 190 g/mol. The molecule has 0 radical (unpaired) electrons. The van der Waals surface area contributed by atoms with Crippen molar-refractivity contribution in [2.45, 2.75) is 51.5 Å². The van der Waals surface area contributed by atoms with Crippen LogP contribution in [0.4, 0.5) is 0 Å². The quantitative estimate of drug-likeness (QED) is 0.487. The first-order valence-electron chi connectivity index (χ1n) is 5.76.